The molecule has 0 fully saturated rings. The van der Waals surface area contributed by atoms with E-state index in [-0.39, 0.29) is 39.0 Å². The van der Waals surface area contributed by atoms with Crippen molar-refractivity contribution in [2.24, 2.45) is 0 Å². The average Bonchev–Trinajstić information content (AvgIpc) is 1.94. The van der Waals surface area contributed by atoms with Gasteiger partial charge < -0.3 is 29.8 Å². The quantitative estimate of drug-likeness (QED) is 0.182. The Kier molecular flexibility index (Phi) is 17.3. The Morgan fingerprint density at radius 2 is 1.00 bits per heavy atom. The fourth-order valence-electron chi connectivity index (χ4n) is 0.281. The molecule has 0 saturated carbocycles. The number of carboxylic acid groups (broad SMARTS) is 2. The van der Waals surface area contributed by atoms with E-state index in [9.17, 15) is 18.7 Å². The van der Waals surface area contributed by atoms with Crippen molar-refractivity contribution in [2.75, 3.05) is 0 Å². The van der Waals surface area contributed by atoms with Crippen LogP contribution in [-0.4, -0.2) is 41.7 Å². The summed E-state index contributed by atoms with van der Waals surface area (Å²) < 4.78 is 22.2. The maximum atomic E-state index is 9.63. The van der Waals surface area contributed by atoms with Crippen molar-refractivity contribution in [2.45, 2.75) is 0 Å². The normalized spacial score (nSPS) is 10.5. The van der Waals surface area contributed by atoms with Crippen LogP contribution in [0.25, 0.3) is 0 Å². The Hall–Kier alpha value is 0.187. The fraction of sp³-hybridized carbons (Fsp3) is 0. The van der Waals surface area contributed by atoms with Crippen molar-refractivity contribution in [3.8, 4) is 0 Å². The molecule has 0 aliphatic rings. The summed E-state index contributed by atoms with van der Waals surface area (Å²) in [6, 6.07) is 0. The molecule has 0 heterocycles. The van der Waals surface area contributed by atoms with Crippen molar-refractivity contribution < 1.29 is 91.8 Å². The van der Waals surface area contributed by atoms with Crippen LogP contribution in [0.5, 0.6) is 0 Å². The van der Waals surface area contributed by atoms with Crippen molar-refractivity contribution >= 4 is 27.6 Å². The smallest absolute Gasteiger partial charge is 0.478 e. The van der Waals surface area contributed by atoms with Crippen molar-refractivity contribution in [1.29, 1.82) is 0 Å². The number of carboxylic acids is 2. The second-order valence-electron chi connectivity index (χ2n) is 2.07. The van der Waals surface area contributed by atoms with Gasteiger partial charge in [0.05, 0.1) is 0 Å². The third-order valence-electron chi connectivity index (χ3n) is 0.581. The maximum Gasteiger partial charge on any atom is 0.478 e. The summed E-state index contributed by atoms with van der Waals surface area (Å²) in [5.74, 6) is -2.51. The SMILES string of the molecule is O=C(O)/C=C\C(=O)O.O=P(O)(O)OP(=O)(O)O.[Zn].[Zn]. The van der Waals surface area contributed by atoms with Gasteiger partial charge in [-0.25, -0.2) is 18.7 Å². The minimum atomic E-state index is -5.05. The van der Waals surface area contributed by atoms with E-state index in [1.165, 1.54) is 0 Å². The van der Waals surface area contributed by atoms with Crippen molar-refractivity contribution in [3.05, 3.63) is 12.2 Å². The van der Waals surface area contributed by atoms with E-state index in [0.717, 1.165) is 0 Å². The average molecular weight is 425 g/mol. The summed E-state index contributed by atoms with van der Waals surface area (Å²) in [5.41, 5.74) is 0. The van der Waals surface area contributed by atoms with Crippen LogP contribution in [0.1, 0.15) is 0 Å². The zero-order valence-corrected chi connectivity index (χ0v) is 16.9. The number of rotatable bonds is 4. The van der Waals surface area contributed by atoms with Crippen LogP contribution < -0.4 is 0 Å². The molecule has 0 spiro atoms. The second-order valence-corrected chi connectivity index (χ2v) is 4.69. The third-order valence-corrected chi connectivity index (χ3v) is 2.28. The molecule has 0 aliphatic heterocycles. The van der Waals surface area contributed by atoms with Gasteiger partial charge in [0.2, 0.25) is 0 Å². The first kappa shape index (κ1) is 27.5. The first-order valence-electron chi connectivity index (χ1n) is 3.30. The zero-order chi connectivity index (χ0) is 14.3. The Balaban J connectivity index is -0.000000108. The van der Waals surface area contributed by atoms with Gasteiger partial charge in [-0.3, -0.25) is 0 Å². The summed E-state index contributed by atoms with van der Waals surface area (Å²) in [6.07, 6.45) is 1.12. The van der Waals surface area contributed by atoms with Crippen LogP contribution in [0.4, 0.5) is 0 Å². The van der Waals surface area contributed by atoms with Gasteiger partial charge in [-0.2, -0.15) is 4.31 Å². The largest absolute Gasteiger partial charge is 0.478 e. The monoisotopic (exact) mass is 422 g/mol. The Bertz CT molecular complexity index is 357. The molecule has 0 radical (unpaired) electrons. The van der Waals surface area contributed by atoms with Crippen molar-refractivity contribution in [1.82, 2.24) is 0 Å². The van der Waals surface area contributed by atoms with Gasteiger partial charge in [-0.1, -0.05) is 0 Å². The molecule has 0 rings (SSSR count). The maximum absolute atomic E-state index is 9.63. The molecular formula is C4H8O11P2Zn2. The summed E-state index contributed by atoms with van der Waals surface area (Å²) in [4.78, 5) is 50.1. The first-order chi connectivity index (χ1) is 7.33. The van der Waals surface area contributed by atoms with Crippen LogP contribution in [0, 0.1) is 0 Å². The Labute approximate surface area is 131 Å². The molecule has 0 aromatic heterocycles. The molecule has 0 bridgehead atoms. The van der Waals surface area contributed by atoms with Crippen LogP contribution in [0.15, 0.2) is 12.2 Å². The van der Waals surface area contributed by atoms with E-state index < -0.39 is 27.6 Å². The number of hydrogen-bond acceptors (Lipinski definition) is 5. The molecule has 15 heteroatoms. The van der Waals surface area contributed by atoms with Crippen LogP contribution in [0.3, 0.4) is 0 Å². The van der Waals surface area contributed by atoms with Crippen LogP contribution >= 0.6 is 15.6 Å². The van der Waals surface area contributed by atoms with E-state index in [2.05, 4.69) is 4.31 Å². The van der Waals surface area contributed by atoms with Gasteiger partial charge in [0, 0.05) is 51.1 Å². The molecule has 11 nitrogen and oxygen atoms in total. The molecule has 19 heavy (non-hydrogen) atoms. The van der Waals surface area contributed by atoms with E-state index in [0.29, 0.717) is 12.2 Å². The molecule has 0 saturated heterocycles. The molecule has 6 N–H and O–H groups in total. The fourth-order valence-corrected chi connectivity index (χ4v) is 1.39. The minimum absolute atomic E-state index is 0. The third kappa shape index (κ3) is 38.1. The summed E-state index contributed by atoms with van der Waals surface area (Å²) >= 11 is 0. The van der Waals surface area contributed by atoms with E-state index in [1.54, 1.807) is 0 Å². The van der Waals surface area contributed by atoms with Gasteiger partial charge in [0.15, 0.2) is 0 Å². The van der Waals surface area contributed by atoms with Gasteiger partial charge in [-0.15, -0.1) is 0 Å². The van der Waals surface area contributed by atoms with E-state index in [4.69, 9.17) is 29.8 Å². The molecule has 0 aliphatic carbocycles. The molecule has 0 aromatic rings. The van der Waals surface area contributed by atoms with Gasteiger partial charge in [0.1, 0.15) is 0 Å². The number of phosphoric acid groups is 2. The van der Waals surface area contributed by atoms with E-state index >= 15 is 0 Å². The zero-order valence-electron chi connectivity index (χ0n) is 9.19. The van der Waals surface area contributed by atoms with E-state index in [1.807, 2.05) is 0 Å². The Morgan fingerprint density at radius 1 is 0.789 bits per heavy atom. The van der Waals surface area contributed by atoms with Gasteiger partial charge >= 0.3 is 27.6 Å². The number of aliphatic carboxylic acids is 2. The van der Waals surface area contributed by atoms with Crippen molar-refractivity contribution in [3.63, 3.8) is 0 Å². The standard InChI is InChI=1S/C4H4O4.H4O7P2.2Zn/c5-3(6)1-2-4(7)8;1-8(2,3)7-9(4,5)6;;/h1-2H,(H,5,6)(H,7,8);(H2,1,2,3)(H2,4,5,6);;/b2-1-;;;. The number of carbonyl (C=O) groups is 2. The van der Waals surface area contributed by atoms with Gasteiger partial charge in [-0.05, 0) is 0 Å². The number of hydrogen-bond donors (Lipinski definition) is 6. The first-order valence-corrected chi connectivity index (χ1v) is 6.36. The topological polar surface area (TPSA) is 199 Å². The molecule has 0 amide bonds. The Morgan fingerprint density at radius 3 is 1.05 bits per heavy atom. The minimum Gasteiger partial charge on any atom is -0.478 e. The predicted molar refractivity (Wildman–Crippen MR) is 49.6 cm³/mol. The van der Waals surface area contributed by atoms with Gasteiger partial charge in [0.25, 0.3) is 0 Å². The van der Waals surface area contributed by atoms with Crippen LogP contribution in [0.2, 0.25) is 0 Å². The summed E-state index contributed by atoms with van der Waals surface area (Å²) in [6.45, 7) is 0. The molecule has 104 valence electrons. The molecule has 0 aromatic carbocycles. The summed E-state index contributed by atoms with van der Waals surface area (Å²) in [7, 11) is -10.1. The predicted octanol–water partition coefficient (Wildman–Crippen LogP) is -1.10. The molecule has 0 atom stereocenters. The molecule has 0 unspecified atom stereocenters. The summed E-state index contributed by atoms with van der Waals surface area (Å²) in [5, 5.41) is 15.6. The van der Waals surface area contributed by atoms with Crippen LogP contribution in [-0.2, 0) is 62.0 Å². The second kappa shape index (κ2) is 12.0. The molecular weight excluding hydrogens is 417 g/mol.